The number of pyridine rings is 2. The molecule has 0 radical (unpaired) electrons. The minimum Gasteiger partial charge on any atom is -0.478 e. The number of carbonyl (C=O) groups is 3. The number of nitrogens with zero attached hydrogens (tertiary/aromatic N) is 4. The molecule has 0 fully saturated rings. The SMILES string of the molecule is Cc1cc(-c2ccc(N(C)CCN(C)c3ccc(-c4cc(C)c(C(=O)O)c(C)c4)nc3)cn2)cc(C)c1C(=O)O.O=C(OC(F)(F)F)C(F)(F)F.O=C=O. The van der Waals surface area contributed by atoms with Gasteiger partial charge in [0.25, 0.3) is 0 Å². The van der Waals surface area contributed by atoms with E-state index in [9.17, 15) is 50.9 Å². The second kappa shape index (κ2) is 18.5. The molecule has 0 aliphatic heterocycles. The van der Waals surface area contributed by atoms with Gasteiger partial charge in [0.15, 0.2) is 0 Å². The lowest BCUT2D eigenvalue weighted by Gasteiger charge is -2.25. The van der Waals surface area contributed by atoms with Crippen molar-refractivity contribution in [1.29, 1.82) is 0 Å². The van der Waals surface area contributed by atoms with Gasteiger partial charge in [-0.15, -0.1) is 13.2 Å². The van der Waals surface area contributed by atoms with Gasteiger partial charge in [-0.3, -0.25) is 9.97 Å². The van der Waals surface area contributed by atoms with Crippen LogP contribution in [-0.2, 0) is 19.1 Å². The minimum absolute atomic E-state index is 0.250. The Morgan fingerprint density at radius 3 is 1.19 bits per heavy atom. The molecule has 18 heteroatoms. The van der Waals surface area contributed by atoms with E-state index in [-0.39, 0.29) is 6.15 Å². The molecule has 2 aromatic carbocycles. The third-order valence-corrected chi connectivity index (χ3v) is 7.67. The third kappa shape index (κ3) is 12.4. The monoisotopic (exact) mass is 764 g/mol. The van der Waals surface area contributed by atoms with E-state index in [1.807, 2.05) is 107 Å². The third-order valence-electron chi connectivity index (χ3n) is 7.67. The van der Waals surface area contributed by atoms with E-state index >= 15 is 0 Å². The minimum atomic E-state index is -5.62. The summed E-state index contributed by atoms with van der Waals surface area (Å²) in [5.41, 5.74) is 8.92. The first kappa shape index (κ1) is 43.9. The number of anilines is 2. The molecule has 0 saturated heterocycles. The summed E-state index contributed by atoms with van der Waals surface area (Å²) in [6.07, 6.45) is -7.29. The lowest BCUT2D eigenvalue weighted by atomic mass is 9.97. The molecule has 0 spiro atoms. The van der Waals surface area contributed by atoms with Crippen LogP contribution in [0.25, 0.3) is 22.5 Å². The number of carbonyl (C=O) groups excluding carboxylic acids is 3. The highest BCUT2D eigenvalue weighted by Crippen LogP contribution is 2.28. The summed E-state index contributed by atoms with van der Waals surface area (Å²) in [5, 5.41) is 18.8. The number of rotatable bonds is 9. The summed E-state index contributed by atoms with van der Waals surface area (Å²) in [6, 6.07) is 15.4. The first-order valence-electron chi connectivity index (χ1n) is 15.4. The fourth-order valence-corrected chi connectivity index (χ4v) is 5.18. The number of alkyl halides is 6. The highest BCUT2D eigenvalue weighted by Gasteiger charge is 2.48. The molecule has 4 aromatic rings. The molecule has 0 aliphatic carbocycles. The van der Waals surface area contributed by atoms with E-state index in [0.29, 0.717) is 11.1 Å². The molecule has 0 atom stereocenters. The van der Waals surface area contributed by atoms with Crippen LogP contribution >= 0.6 is 0 Å². The van der Waals surface area contributed by atoms with Crippen molar-refractivity contribution >= 4 is 35.4 Å². The molecule has 2 aromatic heterocycles. The molecule has 0 unspecified atom stereocenters. The number of aromatic carboxylic acids is 2. The lowest BCUT2D eigenvalue weighted by Crippen LogP contribution is -2.31. The second-order valence-electron chi connectivity index (χ2n) is 11.6. The number of carboxylic acid groups (broad SMARTS) is 2. The molecule has 0 saturated carbocycles. The van der Waals surface area contributed by atoms with Crippen LogP contribution < -0.4 is 9.80 Å². The summed E-state index contributed by atoms with van der Waals surface area (Å²) in [4.78, 5) is 62.2. The summed E-state index contributed by atoms with van der Waals surface area (Å²) in [6.45, 7) is 8.76. The maximum atomic E-state index is 11.5. The molecule has 0 aliphatic rings. The van der Waals surface area contributed by atoms with Gasteiger partial charge in [-0.1, -0.05) is 0 Å². The fraction of sp³-hybridized carbons (Fsp3) is 0.278. The largest absolute Gasteiger partial charge is 0.575 e. The van der Waals surface area contributed by atoms with Gasteiger partial charge in [0.05, 0.1) is 46.3 Å². The van der Waals surface area contributed by atoms with Crippen LogP contribution in [0.4, 0.5) is 37.7 Å². The number of ether oxygens (including phenoxy) is 1. The second-order valence-corrected chi connectivity index (χ2v) is 11.6. The van der Waals surface area contributed by atoms with Crippen molar-refractivity contribution in [3.8, 4) is 22.5 Å². The van der Waals surface area contributed by atoms with Crippen LogP contribution in [0.5, 0.6) is 0 Å². The van der Waals surface area contributed by atoms with Crippen molar-refractivity contribution in [2.45, 2.75) is 40.2 Å². The number of hydrogen-bond donors (Lipinski definition) is 2. The average molecular weight is 765 g/mol. The number of esters is 1. The molecule has 2 heterocycles. The number of carboxylic acids is 2. The Hall–Kier alpha value is -6.29. The Morgan fingerprint density at radius 1 is 0.667 bits per heavy atom. The Morgan fingerprint density at radius 2 is 0.981 bits per heavy atom. The Kier molecular flexibility index (Phi) is 15.0. The van der Waals surface area contributed by atoms with Gasteiger partial charge >= 0.3 is 36.6 Å². The van der Waals surface area contributed by atoms with E-state index in [1.165, 1.54) is 0 Å². The molecular formula is C36H34F6N4O8. The van der Waals surface area contributed by atoms with Crippen molar-refractivity contribution in [3.63, 3.8) is 0 Å². The van der Waals surface area contributed by atoms with Gasteiger partial charge < -0.3 is 24.7 Å². The zero-order valence-electron chi connectivity index (χ0n) is 29.6. The topological polar surface area (TPSA) is 167 Å². The number of aromatic nitrogens is 2. The zero-order valence-corrected chi connectivity index (χ0v) is 29.6. The van der Waals surface area contributed by atoms with E-state index in [2.05, 4.69) is 19.8 Å². The highest BCUT2D eigenvalue weighted by atomic mass is 19.4. The zero-order chi connectivity index (χ0) is 41.1. The first-order valence-corrected chi connectivity index (χ1v) is 15.4. The molecule has 0 bridgehead atoms. The Balaban J connectivity index is 0.000000613. The molecule has 12 nitrogen and oxygen atoms in total. The summed E-state index contributed by atoms with van der Waals surface area (Å²) >= 11 is 0. The summed E-state index contributed by atoms with van der Waals surface area (Å²) in [7, 11) is 4.04. The highest BCUT2D eigenvalue weighted by molar-refractivity contribution is 5.92. The van der Waals surface area contributed by atoms with Crippen molar-refractivity contribution in [2.75, 3.05) is 37.0 Å². The van der Waals surface area contributed by atoms with E-state index in [0.717, 1.165) is 69.2 Å². The van der Waals surface area contributed by atoms with Crippen molar-refractivity contribution in [3.05, 3.63) is 94.3 Å². The van der Waals surface area contributed by atoms with Crippen LogP contribution in [0.3, 0.4) is 0 Å². The van der Waals surface area contributed by atoms with Gasteiger partial charge in [-0.2, -0.15) is 22.8 Å². The fourth-order valence-electron chi connectivity index (χ4n) is 5.18. The molecule has 4 rings (SSSR count). The maximum absolute atomic E-state index is 11.5. The number of halogens is 6. The number of likely N-dealkylation sites (N-methyl/N-ethyl adjacent to an activating group) is 2. The quantitative estimate of drug-likeness (QED) is 0.132. The standard InChI is InChI=1S/C32H34N4O4.C3F6O2.CO2/c1-19-13-23(14-20(2)29(19)31(37)38)27-9-7-25(17-33-27)35(5)11-12-36(6)26-8-10-28(34-18-26)24-15-21(3)30(32(39)40)22(4)16-24;4-2(5,6)1(10)11-3(7,8)9;2-1-3/h7-10,13-18H,11-12H2,1-6H3,(H,37,38)(H,39,40);;. The van der Waals surface area contributed by atoms with E-state index in [1.54, 1.807) is 0 Å². The van der Waals surface area contributed by atoms with Crippen molar-refractivity contribution in [2.24, 2.45) is 0 Å². The normalized spacial score (nSPS) is 10.8. The first-order chi connectivity index (χ1) is 25.0. The van der Waals surface area contributed by atoms with Gasteiger partial charge in [0.2, 0.25) is 0 Å². The van der Waals surface area contributed by atoms with Crippen molar-refractivity contribution < 1.29 is 65.3 Å². The van der Waals surface area contributed by atoms with Crippen molar-refractivity contribution in [1.82, 2.24) is 9.97 Å². The molecule has 54 heavy (non-hydrogen) atoms. The molecule has 2 N–H and O–H groups in total. The van der Waals surface area contributed by atoms with E-state index < -0.39 is 30.4 Å². The molecule has 288 valence electrons. The van der Waals surface area contributed by atoms with Gasteiger partial charge in [0, 0.05) is 38.3 Å². The molecular weight excluding hydrogens is 730 g/mol. The summed E-state index contributed by atoms with van der Waals surface area (Å²) < 4.78 is 67.7. The lowest BCUT2D eigenvalue weighted by molar-refractivity contribution is -0.322. The van der Waals surface area contributed by atoms with Crippen LogP contribution in [-0.4, -0.2) is 84.0 Å². The maximum Gasteiger partial charge on any atom is 0.575 e. The van der Waals surface area contributed by atoms with Gasteiger partial charge in [-0.25, -0.2) is 14.4 Å². The van der Waals surface area contributed by atoms with E-state index in [4.69, 9.17) is 9.59 Å². The predicted octanol–water partition coefficient (Wildman–Crippen LogP) is 7.04. The van der Waals surface area contributed by atoms with Gasteiger partial charge in [-0.05, 0) is 98.5 Å². The number of aryl methyl sites for hydroxylation is 4. The van der Waals surface area contributed by atoms with Crippen LogP contribution in [0.15, 0.2) is 60.9 Å². The Labute approximate surface area is 304 Å². The molecule has 0 amide bonds. The predicted molar refractivity (Wildman–Crippen MR) is 182 cm³/mol. The van der Waals surface area contributed by atoms with Crippen LogP contribution in [0.2, 0.25) is 0 Å². The van der Waals surface area contributed by atoms with Gasteiger partial charge in [0.1, 0.15) is 0 Å². The number of benzene rings is 2. The number of hydrogen-bond acceptors (Lipinski definition) is 10. The average Bonchev–Trinajstić information content (AvgIpc) is 3.05. The van der Waals surface area contributed by atoms with Crippen LogP contribution in [0.1, 0.15) is 43.0 Å². The summed E-state index contributed by atoms with van der Waals surface area (Å²) in [5.74, 6) is -5.11. The Bertz CT molecular complexity index is 1830. The van der Waals surface area contributed by atoms with Crippen LogP contribution in [0, 0.1) is 27.7 Å². The smallest absolute Gasteiger partial charge is 0.478 e.